The minimum Gasteiger partial charge on any atom is -0.368 e. The fraction of sp³-hybridized carbons (Fsp3) is 0.818. The number of amides is 1. The molecule has 4 nitrogen and oxygen atoms in total. The van der Waals surface area contributed by atoms with Gasteiger partial charge in [-0.25, -0.2) is 0 Å². The Morgan fingerprint density at radius 3 is 2.73 bits per heavy atom. The first kappa shape index (κ1) is 12.2. The molecule has 0 bridgehead atoms. The SMILES string of the molecule is CC(=O)CCCN1CCCCC1C(N)=O. The molecule has 2 N–H and O–H groups in total. The number of piperidine rings is 1. The monoisotopic (exact) mass is 212 g/mol. The van der Waals surface area contributed by atoms with Gasteiger partial charge in [-0.15, -0.1) is 0 Å². The van der Waals surface area contributed by atoms with Crippen molar-refractivity contribution < 1.29 is 9.59 Å². The maximum atomic E-state index is 11.2. The van der Waals surface area contributed by atoms with Crippen LogP contribution in [0.4, 0.5) is 0 Å². The molecule has 0 aromatic heterocycles. The van der Waals surface area contributed by atoms with Crippen LogP contribution in [0.2, 0.25) is 0 Å². The molecule has 1 heterocycles. The van der Waals surface area contributed by atoms with Gasteiger partial charge in [-0.3, -0.25) is 9.69 Å². The van der Waals surface area contributed by atoms with Crippen LogP contribution in [-0.2, 0) is 9.59 Å². The normalized spacial score (nSPS) is 22.6. The minimum absolute atomic E-state index is 0.106. The first-order chi connectivity index (χ1) is 7.11. The maximum Gasteiger partial charge on any atom is 0.234 e. The summed E-state index contributed by atoms with van der Waals surface area (Å²) in [6.07, 6.45) is 4.51. The Balaban J connectivity index is 2.36. The first-order valence-corrected chi connectivity index (χ1v) is 5.64. The van der Waals surface area contributed by atoms with E-state index in [1.807, 2.05) is 0 Å². The molecule has 1 rings (SSSR count). The Morgan fingerprint density at radius 1 is 1.40 bits per heavy atom. The Hall–Kier alpha value is -0.900. The summed E-state index contributed by atoms with van der Waals surface area (Å²) in [5.41, 5.74) is 5.34. The summed E-state index contributed by atoms with van der Waals surface area (Å²) in [6.45, 7) is 3.35. The number of hydrogen-bond donors (Lipinski definition) is 1. The third kappa shape index (κ3) is 4.00. The number of ketones is 1. The standard InChI is InChI=1S/C11H20N2O2/c1-9(14)5-4-8-13-7-3-2-6-10(13)11(12)15/h10H,2-8H2,1H3,(H2,12,15). The lowest BCUT2D eigenvalue weighted by Crippen LogP contribution is -2.47. The van der Waals surface area contributed by atoms with Gasteiger partial charge in [-0.05, 0) is 39.3 Å². The molecule has 0 aromatic rings. The molecule has 0 saturated carbocycles. The zero-order valence-corrected chi connectivity index (χ0v) is 9.37. The lowest BCUT2D eigenvalue weighted by Gasteiger charge is -2.33. The molecule has 1 unspecified atom stereocenters. The molecule has 1 saturated heterocycles. The van der Waals surface area contributed by atoms with Gasteiger partial charge in [0.05, 0.1) is 6.04 Å². The number of nitrogens with zero attached hydrogens (tertiary/aromatic N) is 1. The molecule has 1 atom stereocenters. The van der Waals surface area contributed by atoms with Crippen LogP contribution in [0, 0.1) is 0 Å². The Labute approximate surface area is 90.8 Å². The van der Waals surface area contributed by atoms with Crippen molar-refractivity contribution in [2.45, 2.75) is 45.1 Å². The molecule has 1 aliphatic heterocycles. The number of rotatable bonds is 5. The number of nitrogens with two attached hydrogens (primary N) is 1. The Bertz CT molecular complexity index is 241. The van der Waals surface area contributed by atoms with E-state index in [-0.39, 0.29) is 17.7 Å². The molecular formula is C11H20N2O2. The van der Waals surface area contributed by atoms with Crippen LogP contribution < -0.4 is 5.73 Å². The topological polar surface area (TPSA) is 63.4 Å². The van der Waals surface area contributed by atoms with E-state index in [1.54, 1.807) is 6.92 Å². The number of carbonyl (C=O) groups is 2. The van der Waals surface area contributed by atoms with Crippen LogP contribution in [0.15, 0.2) is 0 Å². The van der Waals surface area contributed by atoms with Gasteiger partial charge in [0, 0.05) is 6.42 Å². The van der Waals surface area contributed by atoms with Crippen molar-refractivity contribution in [3.63, 3.8) is 0 Å². The number of primary amides is 1. The van der Waals surface area contributed by atoms with Gasteiger partial charge in [-0.1, -0.05) is 6.42 Å². The quantitative estimate of drug-likeness (QED) is 0.729. The Morgan fingerprint density at radius 2 is 2.13 bits per heavy atom. The van der Waals surface area contributed by atoms with Crippen LogP contribution >= 0.6 is 0 Å². The minimum atomic E-state index is -0.225. The van der Waals surface area contributed by atoms with E-state index < -0.39 is 0 Å². The first-order valence-electron chi connectivity index (χ1n) is 5.64. The number of carbonyl (C=O) groups excluding carboxylic acids is 2. The van der Waals surface area contributed by atoms with Gasteiger partial charge in [0.15, 0.2) is 0 Å². The molecule has 1 amide bonds. The summed E-state index contributed by atoms with van der Waals surface area (Å²) in [5.74, 6) is -0.0137. The number of hydrogen-bond acceptors (Lipinski definition) is 3. The molecular weight excluding hydrogens is 192 g/mol. The summed E-state index contributed by atoms with van der Waals surface area (Å²) in [6, 6.07) is -0.106. The average Bonchev–Trinajstić information content (AvgIpc) is 2.17. The summed E-state index contributed by atoms with van der Waals surface area (Å²) in [4.78, 5) is 24.1. The average molecular weight is 212 g/mol. The highest BCUT2D eigenvalue weighted by Crippen LogP contribution is 2.17. The van der Waals surface area contributed by atoms with E-state index >= 15 is 0 Å². The highest BCUT2D eigenvalue weighted by Gasteiger charge is 2.26. The molecule has 1 aliphatic rings. The van der Waals surface area contributed by atoms with Gasteiger partial charge >= 0.3 is 0 Å². The van der Waals surface area contributed by atoms with Crippen LogP contribution in [0.5, 0.6) is 0 Å². The fourth-order valence-corrected chi connectivity index (χ4v) is 2.11. The summed E-state index contributed by atoms with van der Waals surface area (Å²) in [7, 11) is 0. The van der Waals surface area contributed by atoms with Gasteiger partial charge in [0.25, 0.3) is 0 Å². The van der Waals surface area contributed by atoms with Gasteiger partial charge in [-0.2, -0.15) is 0 Å². The molecule has 0 aromatic carbocycles. The largest absolute Gasteiger partial charge is 0.368 e. The van der Waals surface area contributed by atoms with Crippen LogP contribution in [-0.4, -0.2) is 35.7 Å². The van der Waals surface area contributed by atoms with Crippen molar-refractivity contribution in [3.05, 3.63) is 0 Å². The number of likely N-dealkylation sites (tertiary alicyclic amines) is 1. The third-order valence-corrected chi connectivity index (χ3v) is 2.92. The molecule has 1 fully saturated rings. The van der Waals surface area contributed by atoms with Gasteiger partial charge in [0.2, 0.25) is 5.91 Å². The summed E-state index contributed by atoms with van der Waals surface area (Å²) >= 11 is 0. The van der Waals surface area contributed by atoms with E-state index in [9.17, 15) is 9.59 Å². The lowest BCUT2D eigenvalue weighted by atomic mass is 10.0. The van der Waals surface area contributed by atoms with Crippen LogP contribution in [0.25, 0.3) is 0 Å². The second-order valence-corrected chi connectivity index (χ2v) is 4.26. The van der Waals surface area contributed by atoms with Crippen LogP contribution in [0.1, 0.15) is 39.0 Å². The van der Waals surface area contributed by atoms with Crippen molar-refractivity contribution in [2.24, 2.45) is 5.73 Å². The predicted octanol–water partition coefficient (Wildman–Crippen LogP) is 0.695. The molecule has 86 valence electrons. The lowest BCUT2D eigenvalue weighted by molar-refractivity contribution is -0.124. The molecule has 0 spiro atoms. The van der Waals surface area contributed by atoms with E-state index in [2.05, 4.69) is 4.90 Å². The van der Waals surface area contributed by atoms with Crippen molar-refractivity contribution >= 4 is 11.7 Å². The highest BCUT2D eigenvalue weighted by atomic mass is 16.1. The fourth-order valence-electron chi connectivity index (χ4n) is 2.11. The van der Waals surface area contributed by atoms with E-state index in [0.717, 1.165) is 38.8 Å². The second-order valence-electron chi connectivity index (χ2n) is 4.26. The van der Waals surface area contributed by atoms with E-state index in [1.165, 1.54) is 0 Å². The molecule has 4 heteroatoms. The third-order valence-electron chi connectivity index (χ3n) is 2.92. The van der Waals surface area contributed by atoms with Crippen molar-refractivity contribution in [3.8, 4) is 0 Å². The summed E-state index contributed by atoms with van der Waals surface area (Å²) < 4.78 is 0. The molecule has 0 aliphatic carbocycles. The van der Waals surface area contributed by atoms with Crippen molar-refractivity contribution in [2.75, 3.05) is 13.1 Å². The smallest absolute Gasteiger partial charge is 0.234 e. The summed E-state index contributed by atoms with van der Waals surface area (Å²) in [5, 5.41) is 0. The van der Waals surface area contributed by atoms with Crippen molar-refractivity contribution in [1.82, 2.24) is 4.90 Å². The molecule has 0 radical (unpaired) electrons. The van der Waals surface area contributed by atoms with Crippen molar-refractivity contribution in [1.29, 1.82) is 0 Å². The maximum absolute atomic E-state index is 11.2. The van der Waals surface area contributed by atoms with E-state index in [0.29, 0.717) is 6.42 Å². The zero-order valence-electron chi connectivity index (χ0n) is 9.37. The van der Waals surface area contributed by atoms with E-state index in [4.69, 9.17) is 5.73 Å². The highest BCUT2D eigenvalue weighted by molar-refractivity contribution is 5.80. The predicted molar refractivity (Wildman–Crippen MR) is 58.3 cm³/mol. The zero-order chi connectivity index (χ0) is 11.3. The van der Waals surface area contributed by atoms with Gasteiger partial charge in [0.1, 0.15) is 5.78 Å². The molecule has 15 heavy (non-hydrogen) atoms. The van der Waals surface area contributed by atoms with Gasteiger partial charge < -0.3 is 10.5 Å². The second kappa shape index (κ2) is 5.85. The van der Waals surface area contributed by atoms with Crippen LogP contribution in [0.3, 0.4) is 0 Å². The number of Topliss-reactive ketones (excluding diaryl/α,β-unsaturated/α-hetero) is 1. The Kier molecular flexibility index (Phi) is 4.75.